The third-order valence-corrected chi connectivity index (χ3v) is 2.74. The summed E-state index contributed by atoms with van der Waals surface area (Å²) in [6, 6.07) is 3.83. The number of hydrogen-bond donors (Lipinski definition) is 1. The van der Waals surface area contributed by atoms with Gasteiger partial charge in [-0.1, -0.05) is 6.07 Å². The van der Waals surface area contributed by atoms with E-state index in [1.807, 2.05) is 32.9 Å². The molecule has 0 aliphatic carbocycles. The van der Waals surface area contributed by atoms with Crippen LogP contribution in [0.5, 0.6) is 0 Å². The molecule has 86 valence electrons. The van der Waals surface area contributed by atoms with Gasteiger partial charge in [-0.05, 0) is 50.5 Å². The van der Waals surface area contributed by atoms with Crippen molar-refractivity contribution in [1.82, 2.24) is 0 Å². The minimum absolute atomic E-state index is 0.0631. The monoisotopic (exact) mass is 219 g/mol. The van der Waals surface area contributed by atoms with Crippen LogP contribution in [-0.2, 0) is 9.59 Å². The van der Waals surface area contributed by atoms with Crippen LogP contribution in [0.1, 0.15) is 30.0 Å². The number of nitrogens with one attached hydrogen (secondary N) is 1. The molecule has 0 unspecified atom stereocenters. The fourth-order valence-electron chi connectivity index (χ4n) is 1.51. The van der Waals surface area contributed by atoms with Gasteiger partial charge in [-0.15, -0.1) is 0 Å². The summed E-state index contributed by atoms with van der Waals surface area (Å²) in [6.45, 7) is 7.42. The van der Waals surface area contributed by atoms with Crippen LogP contribution >= 0.6 is 0 Å². The maximum absolute atomic E-state index is 11.4. The van der Waals surface area contributed by atoms with Crippen molar-refractivity contribution in [1.29, 1.82) is 0 Å². The maximum atomic E-state index is 11.4. The van der Waals surface area contributed by atoms with E-state index in [1.54, 1.807) is 0 Å². The molecule has 0 fully saturated rings. The highest BCUT2D eigenvalue weighted by atomic mass is 16.2. The van der Waals surface area contributed by atoms with Crippen molar-refractivity contribution in [3.63, 3.8) is 0 Å². The molecule has 0 aromatic heterocycles. The van der Waals surface area contributed by atoms with E-state index in [-0.39, 0.29) is 18.1 Å². The molecule has 1 aromatic carbocycles. The van der Waals surface area contributed by atoms with Crippen molar-refractivity contribution in [2.75, 3.05) is 5.32 Å². The molecule has 1 N–H and O–H groups in total. The number of anilines is 1. The second-order valence-corrected chi connectivity index (χ2v) is 4.11. The fraction of sp³-hybridized carbons (Fsp3) is 0.385. The normalized spacial score (nSPS) is 10.0. The van der Waals surface area contributed by atoms with E-state index in [0.29, 0.717) is 0 Å². The first-order valence-corrected chi connectivity index (χ1v) is 5.28. The summed E-state index contributed by atoms with van der Waals surface area (Å²) in [6.07, 6.45) is -0.0631. The van der Waals surface area contributed by atoms with Gasteiger partial charge in [-0.2, -0.15) is 0 Å². The number of hydrogen-bond acceptors (Lipinski definition) is 2. The Morgan fingerprint density at radius 2 is 1.75 bits per heavy atom. The number of benzene rings is 1. The van der Waals surface area contributed by atoms with Crippen LogP contribution in [0.3, 0.4) is 0 Å². The highest BCUT2D eigenvalue weighted by Gasteiger charge is 2.08. The molecule has 3 heteroatoms. The smallest absolute Gasteiger partial charge is 0.231 e. The third-order valence-electron chi connectivity index (χ3n) is 2.74. The van der Waals surface area contributed by atoms with E-state index in [4.69, 9.17) is 0 Å². The Balaban J connectivity index is 2.86. The van der Waals surface area contributed by atoms with Crippen LogP contribution in [0, 0.1) is 20.8 Å². The molecule has 0 atom stereocenters. The summed E-state index contributed by atoms with van der Waals surface area (Å²) in [5.74, 6) is -0.377. The number of amides is 1. The van der Waals surface area contributed by atoms with Crippen molar-refractivity contribution in [3.05, 3.63) is 28.8 Å². The summed E-state index contributed by atoms with van der Waals surface area (Å²) >= 11 is 0. The first-order valence-electron chi connectivity index (χ1n) is 5.28. The lowest BCUT2D eigenvalue weighted by atomic mass is 10.0. The molecule has 1 rings (SSSR count). The molecule has 0 heterocycles. The minimum Gasteiger partial charge on any atom is -0.325 e. The number of carbonyl (C=O) groups excluding carboxylic acids is 2. The van der Waals surface area contributed by atoms with Crippen LogP contribution in [-0.4, -0.2) is 11.7 Å². The molecule has 0 saturated heterocycles. The first-order chi connectivity index (χ1) is 7.41. The number of ketones is 1. The summed E-state index contributed by atoms with van der Waals surface area (Å²) in [5.41, 5.74) is 4.20. The van der Waals surface area contributed by atoms with E-state index in [1.165, 1.54) is 18.1 Å². The average Bonchev–Trinajstić information content (AvgIpc) is 2.18. The second-order valence-electron chi connectivity index (χ2n) is 4.11. The van der Waals surface area contributed by atoms with Crippen molar-refractivity contribution >= 4 is 17.4 Å². The Kier molecular flexibility index (Phi) is 3.82. The van der Waals surface area contributed by atoms with E-state index in [2.05, 4.69) is 5.32 Å². The standard InChI is InChI=1S/C13H17NO2/c1-8-5-6-12(11(4)10(8)3)14-13(16)7-9(2)15/h5-6H,7H2,1-4H3,(H,14,16). The summed E-state index contributed by atoms with van der Waals surface area (Å²) < 4.78 is 0. The molecule has 0 spiro atoms. The number of Topliss-reactive ketones (excluding diaryl/α,β-unsaturated/α-hetero) is 1. The Labute approximate surface area is 95.9 Å². The average molecular weight is 219 g/mol. The zero-order valence-electron chi connectivity index (χ0n) is 10.2. The van der Waals surface area contributed by atoms with Crippen LogP contribution in [0.2, 0.25) is 0 Å². The molecular weight excluding hydrogens is 202 g/mol. The van der Waals surface area contributed by atoms with Crippen LogP contribution in [0.15, 0.2) is 12.1 Å². The van der Waals surface area contributed by atoms with Crippen LogP contribution in [0.25, 0.3) is 0 Å². The van der Waals surface area contributed by atoms with Gasteiger partial charge in [0, 0.05) is 5.69 Å². The van der Waals surface area contributed by atoms with Gasteiger partial charge in [-0.25, -0.2) is 0 Å². The van der Waals surface area contributed by atoms with Crippen molar-refractivity contribution in [2.45, 2.75) is 34.1 Å². The minimum atomic E-state index is -0.251. The van der Waals surface area contributed by atoms with Gasteiger partial charge in [0.05, 0.1) is 6.42 Å². The molecule has 0 bridgehead atoms. The Morgan fingerprint density at radius 3 is 2.31 bits per heavy atom. The fourth-order valence-corrected chi connectivity index (χ4v) is 1.51. The van der Waals surface area contributed by atoms with Crippen LogP contribution in [0.4, 0.5) is 5.69 Å². The molecule has 3 nitrogen and oxygen atoms in total. The van der Waals surface area contributed by atoms with E-state index in [9.17, 15) is 9.59 Å². The topological polar surface area (TPSA) is 46.2 Å². The summed E-state index contributed by atoms with van der Waals surface area (Å²) in [7, 11) is 0. The van der Waals surface area contributed by atoms with Gasteiger partial charge in [0.1, 0.15) is 5.78 Å². The molecule has 1 amide bonds. The van der Waals surface area contributed by atoms with E-state index in [0.717, 1.165) is 11.3 Å². The Bertz CT molecular complexity index is 436. The highest BCUT2D eigenvalue weighted by molar-refractivity contribution is 6.03. The van der Waals surface area contributed by atoms with E-state index >= 15 is 0 Å². The molecule has 1 aromatic rings. The molecule has 0 saturated carbocycles. The predicted octanol–water partition coefficient (Wildman–Crippen LogP) is 2.53. The van der Waals surface area contributed by atoms with Gasteiger partial charge in [0.15, 0.2) is 0 Å². The Hall–Kier alpha value is -1.64. The molecule has 0 aliphatic rings. The van der Waals surface area contributed by atoms with Crippen LogP contribution < -0.4 is 5.32 Å². The SMILES string of the molecule is CC(=O)CC(=O)Nc1ccc(C)c(C)c1C. The van der Waals surface area contributed by atoms with Gasteiger partial charge in [0.25, 0.3) is 0 Å². The van der Waals surface area contributed by atoms with E-state index < -0.39 is 0 Å². The van der Waals surface area contributed by atoms with Gasteiger partial charge in [0.2, 0.25) is 5.91 Å². The largest absolute Gasteiger partial charge is 0.325 e. The Morgan fingerprint density at radius 1 is 1.12 bits per heavy atom. The molecule has 0 aliphatic heterocycles. The quantitative estimate of drug-likeness (QED) is 0.794. The lowest BCUT2D eigenvalue weighted by Crippen LogP contribution is -2.15. The third kappa shape index (κ3) is 2.92. The zero-order chi connectivity index (χ0) is 12.3. The lowest BCUT2D eigenvalue weighted by Gasteiger charge is -2.11. The second kappa shape index (κ2) is 4.92. The molecular formula is C13H17NO2. The number of carbonyl (C=O) groups is 2. The molecule has 16 heavy (non-hydrogen) atoms. The van der Waals surface area contributed by atoms with Gasteiger partial charge in [-0.3, -0.25) is 9.59 Å². The maximum Gasteiger partial charge on any atom is 0.231 e. The summed E-state index contributed by atoms with van der Waals surface area (Å²) in [5, 5.41) is 2.75. The number of rotatable bonds is 3. The van der Waals surface area contributed by atoms with Crippen molar-refractivity contribution in [3.8, 4) is 0 Å². The first kappa shape index (κ1) is 12.4. The predicted molar refractivity (Wildman–Crippen MR) is 64.6 cm³/mol. The highest BCUT2D eigenvalue weighted by Crippen LogP contribution is 2.21. The van der Waals surface area contributed by atoms with Crippen molar-refractivity contribution < 1.29 is 9.59 Å². The zero-order valence-corrected chi connectivity index (χ0v) is 10.2. The molecule has 0 radical (unpaired) electrons. The lowest BCUT2D eigenvalue weighted by molar-refractivity contribution is -0.124. The van der Waals surface area contributed by atoms with Gasteiger partial charge < -0.3 is 5.32 Å². The van der Waals surface area contributed by atoms with Crippen molar-refractivity contribution in [2.24, 2.45) is 0 Å². The number of aryl methyl sites for hydroxylation is 1. The summed E-state index contributed by atoms with van der Waals surface area (Å²) in [4.78, 5) is 22.2. The van der Waals surface area contributed by atoms with Gasteiger partial charge >= 0.3 is 0 Å².